The number of methoxy groups -OCH3 is 1. The summed E-state index contributed by atoms with van der Waals surface area (Å²) in [4.78, 5) is 0. The minimum Gasteiger partial charge on any atom is -0.496 e. The highest BCUT2D eigenvalue weighted by Gasteiger charge is 2.28. The second-order valence-corrected chi connectivity index (χ2v) is 5.52. The average Bonchev–Trinajstić information content (AvgIpc) is 2.36. The van der Waals surface area contributed by atoms with Crippen molar-refractivity contribution in [2.24, 2.45) is 11.8 Å². The standard InChI is InChI=1S/C16H21FO2/c1-10-6-11(2)8-12(7-10)16(18)14-9-13(17)4-5-15(14)19-3/h4-6,9-10,12,16,18H,7-8H2,1-3H3. The van der Waals surface area contributed by atoms with E-state index in [1.54, 1.807) is 6.07 Å². The number of hydrogen-bond donors (Lipinski definition) is 1. The van der Waals surface area contributed by atoms with E-state index in [1.807, 2.05) is 0 Å². The van der Waals surface area contributed by atoms with Gasteiger partial charge in [0.25, 0.3) is 0 Å². The van der Waals surface area contributed by atoms with Gasteiger partial charge >= 0.3 is 0 Å². The highest BCUT2D eigenvalue weighted by molar-refractivity contribution is 5.36. The molecule has 19 heavy (non-hydrogen) atoms. The summed E-state index contributed by atoms with van der Waals surface area (Å²) in [6.07, 6.45) is 3.33. The summed E-state index contributed by atoms with van der Waals surface area (Å²) in [6.45, 7) is 4.23. The third kappa shape index (κ3) is 3.16. The molecule has 1 aromatic carbocycles. The largest absolute Gasteiger partial charge is 0.496 e. The molecule has 3 heteroatoms. The van der Waals surface area contributed by atoms with E-state index in [9.17, 15) is 9.50 Å². The van der Waals surface area contributed by atoms with Crippen LogP contribution in [0, 0.1) is 17.7 Å². The van der Waals surface area contributed by atoms with Gasteiger partial charge in [0.1, 0.15) is 11.6 Å². The minimum absolute atomic E-state index is 0.121. The molecule has 3 unspecified atom stereocenters. The van der Waals surface area contributed by atoms with Crippen LogP contribution in [-0.2, 0) is 0 Å². The molecule has 0 spiro atoms. The summed E-state index contributed by atoms with van der Waals surface area (Å²) in [6, 6.07) is 4.30. The quantitative estimate of drug-likeness (QED) is 0.840. The number of rotatable bonds is 3. The third-order valence-corrected chi connectivity index (χ3v) is 3.78. The van der Waals surface area contributed by atoms with Crippen molar-refractivity contribution < 1.29 is 14.2 Å². The van der Waals surface area contributed by atoms with Crippen LogP contribution < -0.4 is 4.74 Å². The SMILES string of the molecule is COc1ccc(F)cc1C(O)C1CC(C)=CC(C)C1. The Labute approximate surface area is 113 Å². The van der Waals surface area contributed by atoms with Crippen molar-refractivity contribution in [1.29, 1.82) is 0 Å². The van der Waals surface area contributed by atoms with Gasteiger partial charge in [0, 0.05) is 5.56 Å². The fraction of sp³-hybridized carbons (Fsp3) is 0.500. The van der Waals surface area contributed by atoms with Crippen molar-refractivity contribution in [3.8, 4) is 5.75 Å². The van der Waals surface area contributed by atoms with Gasteiger partial charge in [-0.1, -0.05) is 18.6 Å². The predicted octanol–water partition coefficient (Wildman–Crippen LogP) is 3.86. The van der Waals surface area contributed by atoms with Crippen molar-refractivity contribution in [3.05, 3.63) is 41.2 Å². The molecule has 1 aromatic rings. The van der Waals surface area contributed by atoms with Gasteiger partial charge in [-0.05, 0) is 49.8 Å². The molecule has 0 fully saturated rings. The van der Waals surface area contributed by atoms with Crippen molar-refractivity contribution in [2.75, 3.05) is 7.11 Å². The lowest BCUT2D eigenvalue weighted by molar-refractivity contribution is 0.0903. The van der Waals surface area contributed by atoms with E-state index in [1.165, 1.54) is 24.8 Å². The maximum atomic E-state index is 13.4. The molecular formula is C16H21FO2. The Morgan fingerprint density at radius 2 is 2.16 bits per heavy atom. The summed E-state index contributed by atoms with van der Waals surface area (Å²) in [5.41, 5.74) is 1.84. The lowest BCUT2D eigenvalue weighted by Gasteiger charge is -2.30. The number of allylic oxidation sites excluding steroid dienone is 2. The minimum atomic E-state index is -0.684. The molecule has 0 saturated heterocycles. The molecule has 0 radical (unpaired) electrons. The smallest absolute Gasteiger partial charge is 0.124 e. The van der Waals surface area contributed by atoms with Crippen molar-refractivity contribution in [3.63, 3.8) is 0 Å². The molecule has 1 aliphatic carbocycles. The highest BCUT2D eigenvalue weighted by Crippen LogP contribution is 2.39. The zero-order valence-electron chi connectivity index (χ0n) is 11.7. The van der Waals surface area contributed by atoms with Crippen molar-refractivity contribution >= 4 is 0 Å². The molecule has 0 amide bonds. The van der Waals surface area contributed by atoms with E-state index < -0.39 is 6.10 Å². The van der Waals surface area contributed by atoms with Crippen LogP contribution >= 0.6 is 0 Å². The van der Waals surface area contributed by atoms with Crippen LogP contribution in [0.1, 0.15) is 38.4 Å². The lowest BCUT2D eigenvalue weighted by atomic mass is 9.78. The molecule has 1 N–H and O–H groups in total. The van der Waals surface area contributed by atoms with Gasteiger partial charge < -0.3 is 9.84 Å². The van der Waals surface area contributed by atoms with Gasteiger partial charge in [-0.25, -0.2) is 4.39 Å². The van der Waals surface area contributed by atoms with Crippen LogP contribution in [0.3, 0.4) is 0 Å². The van der Waals surface area contributed by atoms with Crippen molar-refractivity contribution in [1.82, 2.24) is 0 Å². The molecule has 1 aliphatic rings. The maximum absolute atomic E-state index is 13.4. The van der Waals surface area contributed by atoms with Crippen LogP contribution in [0.4, 0.5) is 4.39 Å². The molecule has 0 heterocycles. The van der Waals surface area contributed by atoms with E-state index in [0.29, 0.717) is 17.2 Å². The number of ether oxygens (including phenoxy) is 1. The fourth-order valence-corrected chi connectivity index (χ4v) is 3.03. The summed E-state index contributed by atoms with van der Waals surface area (Å²) in [7, 11) is 1.54. The van der Waals surface area contributed by atoms with E-state index >= 15 is 0 Å². The monoisotopic (exact) mass is 264 g/mol. The Morgan fingerprint density at radius 1 is 1.42 bits per heavy atom. The first-order chi connectivity index (χ1) is 9.01. The molecule has 0 bridgehead atoms. The van der Waals surface area contributed by atoms with Crippen LogP contribution in [0.2, 0.25) is 0 Å². The molecule has 104 valence electrons. The number of hydrogen-bond acceptors (Lipinski definition) is 2. The number of benzene rings is 1. The zero-order valence-corrected chi connectivity index (χ0v) is 11.7. The van der Waals surface area contributed by atoms with Gasteiger partial charge in [0.2, 0.25) is 0 Å². The summed E-state index contributed by atoms with van der Waals surface area (Å²) < 4.78 is 18.6. The molecular weight excluding hydrogens is 243 g/mol. The lowest BCUT2D eigenvalue weighted by Crippen LogP contribution is -2.20. The van der Waals surface area contributed by atoms with Gasteiger partial charge in [0.15, 0.2) is 0 Å². The molecule has 2 rings (SSSR count). The Bertz CT molecular complexity index is 482. The molecule has 0 aromatic heterocycles. The topological polar surface area (TPSA) is 29.5 Å². The predicted molar refractivity (Wildman–Crippen MR) is 73.6 cm³/mol. The van der Waals surface area contributed by atoms with Gasteiger partial charge in [0.05, 0.1) is 13.2 Å². The first-order valence-corrected chi connectivity index (χ1v) is 6.70. The summed E-state index contributed by atoms with van der Waals surface area (Å²) >= 11 is 0. The van der Waals surface area contributed by atoms with Crippen LogP contribution in [0.5, 0.6) is 5.75 Å². The fourth-order valence-electron chi connectivity index (χ4n) is 3.03. The Morgan fingerprint density at radius 3 is 2.79 bits per heavy atom. The number of halogens is 1. The third-order valence-electron chi connectivity index (χ3n) is 3.78. The first-order valence-electron chi connectivity index (χ1n) is 6.70. The highest BCUT2D eigenvalue weighted by atomic mass is 19.1. The summed E-state index contributed by atoms with van der Waals surface area (Å²) in [5, 5.41) is 10.5. The van der Waals surface area contributed by atoms with E-state index in [-0.39, 0.29) is 11.7 Å². The average molecular weight is 264 g/mol. The van der Waals surface area contributed by atoms with Gasteiger partial charge in [-0.3, -0.25) is 0 Å². The second-order valence-electron chi connectivity index (χ2n) is 5.52. The normalized spacial score (nSPS) is 24.8. The van der Waals surface area contributed by atoms with Gasteiger partial charge in [-0.15, -0.1) is 0 Å². The van der Waals surface area contributed by atoms with Crippen LogP contribution in [-0.4, -0.2) is 12.2 Å². The molecule has 3 atom stereocenters. The van der Waals surface area contributed by atoms with Crippen molar-refractivity contribution in [2.45, 2.75) is 32.8 Å². The first kappa shape index (κ1) is 14.1. The van der Waals surface area contributed by atoms with E-state index in [2.05, 4.69) is 19.9 Å². The van der Waals surface area contributed by atoms with E-state index in [4.69, 9.17) is 4.74 Å². The Hall–Kier alpha value is -1.35. The summed E-state index contributed by atoms with van der Waals surface area (Å²) in [5.74, 6) is 0.781. The Balaban J connectivity index is 2.26. The van der Waals surface area contributed by atoms with E-state index in [0.717, 1.165) is 12.8 Å². The molecule has 0 saturated carbocycles. The van der Waals surface area contributed by atoms with Gasteiger partial charge in [-0.2, -0.15) is 0 Å². The maximum Gasteiger partial charge on any atom is 0.124 e. The molecule has 0 aliphatic heterocycles. The Kier molecular flexibility index (Phi) is 4.25. The van der Waals surface area contributed by atoms with Crippen LogP contribution in [0.15, 0.2) is 29.8 Å². The second kappa shape index (κ2) is 5.74. The number of aliphatic hydroxyl groups is 1. The van der Waals surface area contributed by atoms with Crippen LogP contribution in [0.25, 0.3) is 0 Å². The molecule has 2 nitrogen and oxygen atoms in total. The zero-order chi connectivity index (χ0) is 14.0. The number of aliphatic hydroxyl groups excluding tert-OH is 1.